The second-order valence-electron chi connectivity index (χ2n) is 5.97. The van der Waals surface area contributed by atoms with Gasteiger partial charge in [0, 0.05) is 27.9 Å². The lowest BCUT2D eigenvalue weighted by atomic mass is 10.0. The van der Waals surface area contributed by atoms with Crippen molar-refractivity contribution in [1.82, 2.24) is 0 Å². The number of anilines is 1. The molecule has 25 heavy (non-hydrogen) atoms. The predicted molar refractivity (Wildman–Crippen MR) is 101 cm³/mol. The molecule has 0 aromatic heterocycles. The molecule has 0 spiro atoms. The number of nitrogens with zero attached hydrogens (tertiary/aromatic N) is 3. The summed E-state index contributed by atoms with van der Waals surface area (Å²) >= 11 is 5.13. The Kier molecular flexibility index (Phi) is 4.05. The fraction of sp³-hybridized carbons (Fsp3) is 0.235. The molecule has 0 saturated heterocycles. The highest BCUT2D eigenvalue weighted by Gasteiger charge is 2.54. The smallest absolute Gasteiger partial charge is 0.316 e. The molecule has 0 saturated carbocycles. The number of halogens is 1. The number of thioether (sulfide) groups is 1. The number of hydrogen-bond acceptors (Lipinski definition) is 5. The van der Waals surface area contributed by atoms with Gasteiger partial charge in [-0.3, -0.25) is 10.1 Å². The Labute approximate surface area is 157 Å². The van der Waals surface area contributed by atoms with E-state index in [9.17, 15) is 15.2 Å². The molecular formula is C17H15BrN3O3S+. The van der Waals surface area contributed by atoms with E-state index in [0.717, 1.165) is 21.1 Å². The van der Waals surface area contributed by atoms with Crippen LogP contribution in [0.3, 0.4) is 0 Å². The molecule has 0 radical (unpaired) electrons. The van der Waals surface area contributed by atoms with Crippen LogP contribution in [0.4, 0.5) is 11.4 Å². The van der Waals surface area contributed by atoms with E-state index in [4.69, 9.17) is 0 Å². The number of nitro benzene ring substituents is 1. The van der Waals surface area contributed by atoms with E-state index in [0.29, 0.717) is 18.7 Å². The minimum absolute atomic E-state index is 0.0126. The van der Waals surface area contributed by atoms with E-state index in [2.05, 4.69) is 20.8 Å². The Balaban J connectivity index is 1.77. The average Bonchev–Trinajstić information content (AvgIpc) is 3.20. The summed E-state index contributed by atoms with van der Waals surface area (Å²) in [5.41, 5.74) is 0.236. The van der Waals surface area contributed by atoms with E-state index in [1.54, 1.807) is 23.9 Å². The number of aliphatic hydroxyl groups is 1. The number of benzene rings is 2. The van der Waals surface area contributed by atoms with Gasteiger partial charge in [0.05, 0.1) is 11.5 Å². The van der Waals surface area contributed by atoms with Crippen molar-refractivity contribution in [1.29, 1.82) is 0 Å². The van der Waals surface area contributed by atoms with Crippen LogP contribution in [0.25, 0.3) is 0 Å². The van der Waals surface area contributed by atoms with Crippen molar-refractivity contribution in [3.05, 3.63) is 68.7 Å². The van der Waals surface area contributed by atoms with Gasteiger partial charge in [0.15, 0.2) is 6.54 Å². The zero-order valence-corrected chi connectivity index (χ0v) is 15.5. The van der Waals surface area contributed by atoms with E-state index >= 15 is 0 Å². The summed E-state index contributed by atoms with van der Waals surface area (Å²) in [6.07, 6.45) is 0. The topological polar surface area (TPSA) is 69.6 Å². The highest BCUT2D eigenvalue weighted by atomic mass is 79.9. The Morgan fingerprint density at radius 1 is 1.28 bits per heavy atom. The molecule has 0 fully saturated rings. The largest absolute Gasteiger partial charge is 0.346 e. The van der Waals surface area contributed by atoms with Crippen molar-refractivity contribution in [2.24, 2.45) is 0 Å². The van der Waals surface area contributed by atoms with Gasteiger partial charge in [0.1, 0.15) is 5.69 Å². The predicted octanol–water partition coefficient (Wildman–Crippen LogP) is 3.14. The van der Waals surface area contributed by atoms with Crippen molar-refractivity contribution >= 4 is 44.2 Å². The lowest BCUT2D eigenvalue weighted by Gasteiger charge is -2.22. The Morgan fingerprint density at radius 3 is 2.76 bits per heavy atom. The van der Waals surface area contributed by atoms with Gasteiger partial charge >= 0.3 is 5.17 Å². The quantitative estimate of drug-likeness (QED) is 0.469. The van der Waals surface area contributed by atoms with Crippen LogP contribution in [0.2, 0.25) is 0 Å². The fourth-order valence-electron chi connectivity index (χ4n) is 3.28. The highest BCUT2D eigenvalue weighted by Crippen LogP contribution is 2.39. The zero-order chi connectivity index (χ0) is 17.6. The van der Waals surface area contributed by atoms with Crippen LogP contribution < -0.4 is 4.90 Å². The zero-order valence-electron chi connectivity index (χ0n) is 13.1. The number of β-amino-alcohol motifs (C(OH)–C–C–N with tert-alkyl or cyclic N) is 1. The first-order valence-electron chi connectivity index (χ1n) is 7.77. The maximum Gasteiger partial charge on any atom is 0.316 e. The van der Waals surface area contributed by atoms with Crippen molar-refractivity contribution in [2.45, 2.75) is 5.72 Å². The summed E-state index contributed by atoms with van der Waals surface area (Å²) in [5, 5.41) is 23.5. The Morgan fingerprint density at radius 2 is 2.04 bits per heavy atom. The molecule has 2 aliphatic rings. The summed E-state index contributed by atoms with van der Waals surface area (Å²) in [7, 11) is 0. The Hall–Kier alpha value is -1.90. The summed E-state index contributed by atoms with van der Waals surface area (Å²) < 4.78 is 2.93. The van der Waals surface area contributed by atoms with E-state index in [-0.39, 0.29) is 5.69 Å². The summed E-state index contributed by atoms with van der Waals surface area (Å²) in [5.74, 6) is 0.875. The van der Waals surface area contributed by atoms with Crippen LogP contribution in [0.1, 0.15) is 5.56 Å². The van der Waals surface area contributed by atoms with Gasteiger partial charge in [-0.05, 0) is 36.0 Å². The third kappa shape index (κ3) is 2.74. The molecule has 0 bridgehead atoms. The molecule has 0 amide bonds. The van der Waals surface area contributed by atoms with Crippen LogP contribution in [0.15, 0.2) is 53.0 Å². The van der Waals surface area contributed by atoms with Crippen LogP contribution in [-0.4, -0.2) is 38.6 Å². The molecular weight excluding hydrogens is 406 g/mol. The monoisotopic (exact) mass is 420 g/mol. The summed E-state index contributed by atoms with van der Waals surface area (Å²) in [6.45, 7) is 1.03. The standard InChI is InChI=1S/C17H15BrN3O3S/c18-13-4-6-14(7-5-13)19-11-17(22,20-8-9-25-16(19)20)12-2-1-3-15(10-12)21(23)24/h1-7,10,22H,8-9,11H2/q+1. The first-order valence-corrected chi connectivity index (χ1v) is 9.55. The van der Waals surface area contributed by atoms with Gasteiger partial charge in [0.2, 0.25) is 0 Å². The highest BCUT2D eigenvalue weighted by molar-refractivity contribution is 9.10. The molecule has 1 N–H and O–H groups in total. The molecule has 1 unspecified atom stereocenters. The molecule has 8 heteroatoms. The van der Waals surface area contributed by atoms with Crippen LogP contribution in [-0.2, 0) is 5.72 Å². The van der Waals surface area contributed by atoms with E-state index < -0.39 is 10.6 Å². The van der Waals surface area contributed by atoms with Gasteiger partial charge in [-0.25, -0.2) is 9.48 Å². The molecule has 0 aliphatic carbocycles. The second-order valence-corrected chi connectivity index (χ2v) is 7.95. The molecule has 128 valence electrons. The van der Waals surface area contributed by atoms with Gasteiger partial charge in [-0.15, -0.1) is 0 Å². The Bertz CT molecular complexity index is 887. The molecule has 1 atom stereocenters. The molecule has 6 nitrogen and oxygen atoms in total. The van der Waals surface area contributed by atoms with E-state index in [1.165, 1.54) is 12.1 Å². The van der Waals surface area contributed by atoms with Crippen molar-refractivity contribution < 1.29 is 14.6 Å². The lowest BCUT2D eigenvalue weighted by Crippen LogP contribution is -2.41. The van der Waals surface area contributed by atoms with Gasteiger partial charge < -0.3 is 5.11 Å². The number of non-ortho nitro benzene ring substituents is 1. The molecule has 2 heterocycles. The van der Waals surface area contributed by atoms with Crippen molar-refractivity contribution in [2.75, 3.05) is 23.7 Å². The summed E-state index contributed by atoms with van der Waals surface area (Å²) in [4.78, 5) is 12.7. The first kappa shape index (κ1) is 16.6. The molecule has 2 aliphatic heterocycles. The van der Waals surface area contributed by atoms with Crippen LogP contribution in [0.5, 0.6) is 0 Å². The van der Waals surface area contributed by atoms with Gasteiger partial charge in [-0.2, -0.15) is 0 Å². The number of rotatable bonds is 3. The minimum atomic E-state index is -1.28. The fourth-order valence-corrected chi connectivity index (χ4v) is 4.73. The number of hydrogen-bond donors (Lipinski definition) is 1. The van der Waals surface area contributed by atoms with Crippen LogP contribution >= 0.6 is 27.7 Å². The third-order valence-electron chi connectivity index (χ3n) is 4.49. The van der Waals surface area contributed by atoms with Crippen molar-refractivity contribution in [3.63, 3.8) is 0 Å². The van der Waals surface area contributed by atoms with Gasteiger partial charge in [0.25, 0.3) is 11.4 Å². The first-order chi connectivity index (χ1) is 12.0. The van der Waals surface area contributed by atoms with Gasteiger partial charge in [-0.1, -0.05) is 28.1 Å². The SMILES string of the molecule is O=[N+]([O-])c1cccc(C2(O)CN(c3ccc(Br)cc3)C3=[N+]2CCS3)c1. The average molecular weight is 421 g/mol. The number of nitro groups is 1. The number of amidine groups is 1. The maximum atomic E-state index is 11.4. The molecule has 4 rings (SSSR count). The normalized spacial score (nSPS) is 22.4. The molecule has 2 aromatic carbocycles. The minimum Gasteiger partial charge on any atom is -0.346 e. The van der Waals surface area contributed by atoms with Crippen molar-refractivity contribution in [3.8, 4) is 0 Å². The van der Waals surface area contributed by atoms with Crippen LogP contribution in [0, 0.1) is 10.1 Å². The summed E-state index contributed by atoms with van der Waals surface area (Å²) in [6, 6.07) is 14.2. The maximum absolute atomic E-state index is 11.4. The second kappa shape index (κ2) is 6.12. The van der Waals surface area contributed by atoms with E-state index in [1.807, 2.05) is 28.8 Å². The molecule has 2 aromatic rings. The lowest BCUT2D eigenvalue weighted by molar-refractivity contribution is -0.650. The third-order valence-corrected chi connectivity index (χ3v) is 6.10.